The molecule has 0 unspecified atom stereocenters. The molecule has 0 saturated carbocycles. The summed E-state index contributed by atoms with van der Waals surface area (Å²) >= 11 is 6.35. The van der Waals surface area contributed by atoms with Crippen molar-refractivity contribution in [2.45, 2.75) is 12.8 Å². The van der Waals surface area contributed by atoms with Crippen LogP contribution in [-0.4, -0.2) is 10.7 Å². The second-order valence-electron chi connectivity index (χ2n) is 2.25. The van der Waals surface area contributed by atoms with Gasteiger partial charge in [0.15, 0.2) is 3.95 Å². The Balaban J connectivity index is 2.53. The van der Waals surface area contributed by atoms with E-state index >= 15 is 0 Å². The van der Waals surface area contributed by atoms with Crippen LogP contribution in [0.5, 0.6) is 0 Å². The summed E-state index contributed by atoms with van der Waals surface area (Å²) in [7, 11) is 0. The highest BCUT2D eigenvalue weighted by Crippen LogP contribution is 2.15. The number of aryl methyl sites for hydroxylation is 1. The first-order valence-electron chi connectivity index (χ1n) is 3.18. The molecule has 5 heteroatoms. The van der Waals surface area contributed by atoms with Crippen LogP contribution in [0.4, 0.5) is 0 Å². The average Bonchev–Trinajstić information content (AvgIpc) is 2.33. The van der Waals surface area contributed by atoms with Gasteiger partial charge in [0.2, 0.25) is 0 Å². The Bertz CT molecular complexity index is 352. The highest BCUT2D eigenvalue weighted by molar-refractivity contribution is 7.73. The third kappa shape index (κ3) is 1.10. The van der Waals surface area contributed by atoms with E-state index in [2.05, 4.69) is 0 Å². The van der Waals surface area contributed by atoms with E-state index in [4.69, 9.17) is 17.1 Å². The van der Waals surface area contributed by atoms with Gasteiger partial charge in [-0.3, -0.25) is 0 Å². The van der Waals surface area contributed by atoms with E-state index in [-0.39, 0.29) is 5.97 Å². The summed E-state index contributed by atoms with van der Waals surface area (Å²) in [5.41, 5.74) is 1.000. The maximum absolute atomic E-state index is 10.8. The molecule has 0 aromatic carbocycles. The lowest BCUT2D eigenvalue weighted by Crippen LogP contribution is -2.26. The molecule has 1 aromatic heterocycles. The molecule has 0 atom stereocenters. The fourth-order valence-electron chi connectivity index (χ4n) is 0.965. The molecule has 0 amide bonds. The Labute approximate surface area is 72.2 Å². The van der Waals surface area contributed by atoms with Crippen molar-refractivity contribution in [3.63, 3.8) is 0 Å². The van der Waals surface area contributed by atoms with Crippen LogP contribution in [-0.2, 0) is 11.2 Å². The summed E-state index contributed by atoms with van der Waals surface area (Å²) in [5.74, 6) is -0.202. The van der Waals surface area contributed by atoms with Crippen molar-refractivity contribution < 1.29 is 9.63 Å². The van der Waals surface area contributed by atoms with Crippen molar-refractivity contribution in [3.05, 3.63) is 15.0 Å². The van der Waals surface area contributed by atoms with Crippen LogP contribution in [0.1, 0.15) is 12.1 Å². The summed E-state index contributed by atoms with van der Waals surface area (Å²) < 4.78 is 2.04. The van der Waals surface area contributed by atoms with Crippen LogP contribution in [0.2, 0.25) is 0 Å². The number of carbonyl (C=O) groups excluding carboxylic acids is 1. The fraction of sp³-hybridized carbons (Fsp3) is 0.333. The summed E-state index contributed by atoms with van der Waals surface area (Å²) in [6.45, 7) is 0. The van der Waals surface area contributed by atoms with E-state index in [1.807, 2.05) is 5.38 Å². The van der Waals surface area contributed by atoms with Crippen molar-refractivity contribution in [3.8, 4) is 0 Å². The van der Waals surface area contributed by atoms with Gasteiger partial charge in [-0.05, 0) is 12.2 Å². The molecule has 0 radical (unpaired) electrons. The van der Waals surface area contributed by atoms with Crippen molar-refractivity contribution in [1.29, 1.82) is 0 Å². The monoisotopic (exact) mass is 187 g/mol. The Kier molecular flexibility index (Phi) is 1.54. The van der Waals surface area contributed by atoms with Crippen molar-refractivity contribution in [2.24, 2.45) is 0 Å². The third-order valence-electron chi connectivity index (χ3n) is 1.50. The summed E-state index contributed by atoms with van der Waals surface area (Å²) in [5, 5.41) is 1.93. The lowest BCUT2D eigenvalue weighted by atomic mass is 10.2. The fourth-order valence-corrected chi connectivity index (χ4v) is 1.96. The van der Waals surface area contributed by atoms with Crippen LogP contribution in [0, 0.1) is 3.95 Å². The SMILES string of the molecule is O=C1CCc2csc(=S)n2O1. The number of rotatable bonds is 0. The molecule has 0 N–H and O–H groups in total. The quantitative estimate of drug-likeness (QED) is 0.571. The number of nitrogens with zero attached hydrogens (tertiary/aromatic N) is 1. The minimum Gasteiger partial charge on any atom is -0.335 e. The van der Waals surface area contributed by atoms with Gasteiger partial charge in [-0.2, -0.15) is 4.73 Å². The summed E-state index contributed by atoms with van der Waals surface area (Å²) in [6, 6.07) is 0. The van der Waals surface area contributed by atoms with Crippen LogP contribution in [0.25, 0.3) is 0 Å². The van der Waals surface area contributed by atoms with E-state index in [1.54, 1.807) is 0 Å². The Morgan fingerprint density at radius 2 is 2.45 bits per heavy atom. The van der Waals surface area contributed by atoms with E-state index in [1.165, 1.54) is 16.1 Å². The van der Waals surface area contributed by atoms with E-state index in [0.717, 1.165) is 12.1 Å². The standard InChI is InChI=1S/C6H5NO2S2/c8-5-2-1-4-3-11-6(10)7(4)9-5/h3H,1-2H2. The molecule has 2 rings (SSSR count). The largest absolute Gasteiger partial charge is 0.335 e. The second-order valence-corrected chi connectivity index (χ2v) is 3.75. The molecule has 0 fully saturated rings. The van der Waals surface area contributed by atoms with Crippen LogP contribution in [0.3, 0.4) is 0 Å². The van der Waals surface area contributed by atoms with E-state index in [0.29, 0.717) is 10.4 Å². The van der Waals surface area contributed by atoms with Gasteiger partial charge in [-0.1, -0.05) is 0 Å². The Hall–Kier alpha value is -0.680. The van der Waals surface area contributed by atoms with Gasteiger partial charge in [0.25, 0.3) is 0 Å². The van der Waals surface area contributed by atoms with Gasteiger partial charge in [0, 0.05) is 11.8 Å². The minimum absolute atomic E-state index is 0.202. The maximum Gasteiger partial charge on any atom is 0.333 e. The number of hydrogen-bond donors (Lipinski definition) is 0. The molecule has 0 bridgehead atoms. The molecule has 0 spiro atoms. The van der Waals surface area contributed by atoms with Crippen molar-refractivity contribution in [2.75, 3.05) is 0 Å². The van der Waals surface area contributed by atoms with Crippen molar-refractivity contribution >= 4 is 29.5 Å². The molecule has 58 valence electrons. The molecule has 11 heavy (non-hydrogen) atoms. The molecule has 1 aliphatic rings. The minimum atomic E-state index is -0.202. The van der Waals surface area contributed by atoms with Crippen molar-refractivity contribution in [1.82, 2.24) is 4.73 Å². The zero-order valence-electron chi connectivity index (χ0n) is 5.57. The van der Waals surface area contributed by atoms with Gasteiger partial charge < -0.3 is 4.84 Å². The zero-order valence-corrected chi connectivity index (χ0v) is 7.20. The summed E-state index contributed by atoms with van der Waals surface area (Å²) in [6.07, 6.45) is 1.21. The van der Waals surface area contributed by atoms with Gasteiger partial charge in [-0.25, -0.2) is 4.79 Å². The molecule has 1 aromatic rings. The van der Waals surface area contributed by atoms with E-state index < -0.39 is 0 Å². The number of thiazole rings is 1. The topological polar surface area (TPSA) is 31.2 Å². The molecule has 0 aliphatic carbocycles. The van der Waals surface area contributed by atoms with Gasteiger partial charge in [0.1, 0.15) is 0 Å². The first-order chi connectivity index (χ1) is 5.27. The smallest absolute Gasteiger partial charge is 0.333 e. The Morgan fingerprint density at radius 3 is 3.27 bits per heavy atom. The first kappa shape index (κ1) is 7.00. The second kappa shape index (κ2) is 2.42. The molecule has 1 aliphatic heterocycles. The average molecular weight is 187 g/mol. The van der Waals surface area contributed by atoms with Crippen LogP contribution < -0.4 is 4.84 Å². The molecular formula is C6H5NO2S2. The molecule has 2 heterocycles. The molecular weight excluding hydrogens is 182 g/mol. The van der Waals surface area contributed by atoms with E-state index in [9.17, 15) is 4.79 Å². The Morgan fingerprint density at radius 1 is 1.64 bits per heavy atom. The number of fused-ring (bicyclic) bond motifs is 1. The zero-order chi connectivity index (χ0) is 7.84. The number of hydrogen-bond acceptors (Lipinski definition) is 4. The third-order valence-corrected chi connectivity index (χ3v) is 2.71. The highest BCUT2D eigenvalue weighted by atomic mass is 32.1. The number of aromatic nitrogens is 1. The lowest BCUT2D eigenvalue weighted by Gasteiger charge is -2.12. The van der Waals surface area contributed by atoms with Gasteiger partial charge in [0.05, 0.1) is 12.1 Å². The number of carbonyl (C=O) groups is 1. The normalized spacial score (nSPS) is 15.8. The summed E-state index contributed by atoms with van der Waals surface area (Å²) in [4.78, 5) is 15.7. The molecule has 0 saturated heterocycles. The lowest BCUT2D eigenvalue weighted by molar-refractivity contribution is -0.146. The van der Waals surface area contributed by atoms with Gasteiger partial charge in [-0.15, -0.1) is 11.3 Å². The molecule has 3 nitrogen and oxygen atoms in total. The van der Waals surface area contributed by atoms with Gasteiger partial charge >= 0.3 is 5.97 Å². The first-order valence-corrected chi connectivity index (χ1v) is 4.47. The predicted molar refractivity (Wildman–Crippen MR) is 43.1 cm³/mol. The highest BCUT2D eigenvalue weighted by Gasteiger charge is 2.17. The van der Waals surface area contributed by atoms with Crippen LogP contribution >= 0.6 is 23.6 Å². The maximum atomic E-state index is 10.8. The van der Waals surface area contributed by atoms with Crippen LogP contribution in [0.15, 0.2) is 5.38 Å². The predicted octanol–water partition coefficient (Wildman–Crippen LogP) is 1.18.